The van der Waals surface area contributed by atoms with E-state index in [1.54, 1.807) is 0 Å². The Bertz CT molecular complexity index is 8070. The van der Waals surface area contributed by atoms with Crippen LogP contribution in [0.5, 0.6) is 0 Å². The van der Waals surface area contributed by atoms with E-state index < -0.39 is 0 Å². The van der Waals surface area contributed by atoms with E-state index in [4.69, 9.17) is 29.9 Å². The largest absolute Gasteiger partial charge is 0.208 e. The van der Waals surface area contributed by atoms with E-state index in [-0.39, 0.29) is 0 Å². The first kappa shape index (κ1) is 73.8. The van der Waals surface area contributed by atoms with E-state index >= 15 is 0 Å². The normalized spacial score (nSPS) is 11.5. The van der Waals surface area contributed by atoms with Gasteiger partial charge in [0.2, 0.25) is 0 Å². The van der Waals surface area contributed by atoms with Gasteiger partial charge in [0.1, 0.15) is 0 Å². The lowest BCUT2D eigenvalue weighted by atomic mass is 9.86. The third-order valence-electron chi connectivity index (χ3n) is 24.8. The second-order valence-corrected chi connectivity index (χ2v) is 32.1. The number of fused-ring (bicyclic) bond motifs is 9. The molecule has 20 aromatic carbocycles. The lowest BCUT2D eigenvalue weighted by Gasteiger charge is -2.17. The van der Waals surface area contributed by atoms with E-state index in [0.29, 0.717) is 46.1 Å². The number of aromatic nitrogens is 6. The van der Waals surface area contributed by atoms with Crippen molar-refractivity contribution < 1.29 is 0 Å². The average Bonchev–Trinajstić information content (AvgIpc) is 1.55. The summed E-state index contributed by atoms with van der Waals surface area (Å²) in [6.45, 7) is 0. The molecule has 0 unspecified atom stereocenters. The van der Waals surface area contributed by atoms with Gasteiger partial charge in [0.05, 0.1) is 23.3 Å². The first-order chi connectivity index (χ1) is 62.3. The molecule has 0 spiro atoms. The van der Waals surface area contributed by atoms with E-state index in [2.05, 4.69) is 291 Å². The molecule has 0 saturated heterocycles. The molecule has 0 fully saturated rings. The Labute approximate surface area is 728 Å². The second kappa shape index (κ2) is 31.1. The highest BCUT2D eigenvalue weighted by Crippen LogP contribution is 2.55. The molecule has 2 aliphatic carbocycles. The fourth-order valence-electron chi connectivity index (χ4n) is 18.7. The maximum Gasteiger partial charge on any atom is 0.164 e. The van der Waals surface area contributed by atoms with Crippen molar-refractivity contribution in [1.82, 2.24) is 29.9 Å². The Kier molecular flexibility index (Phi) is 18.2. The number of rotatable bonds is 13. The topological polar surface area (TPSA) is 125 Å². The molecule has 0 amide bonds. The van der Waals surface area contributed by atoms with Gasteiger partial charge < -0.3 is 0 Å². The van der Waals surface area contributed by atoms with Crippen LogP contribution in [-0.2, 0) is 0 Å². The molecule has 8 nitrogen and oxygen atoms in total. The molecule has 2 aliphatic rings. The van der Waals surface area contributed by atoms with Crippen molar-refractivity contribution in [2.45, 2.75) is 0 Å². The van der Waals surface area contributed by atoms with Crippen LogP contribution in [0.2, 0.25) is 0 Å². The zero-order valence-electron chi connectivity index (χ0n) is 68.0. The fourth-order valence-corrected chi connectivity index (χ4v) is 18.7. The van der Waals surface area contributed by atoms with Crippen molar-refractivity contribution in [1.29, 1.82) is 10.5 Å². The van der Waals surface area contributed by atoms with Gasteiger partial charge in [-0.3, -0.25) is 0 Å². The molecule has 126 heavy (non-hydrogen) atoms. The third-order valence-corrected chi connectivity index (χ3v) is 24.8. The molecule has 582 valence electrons. The first-order valence-corrected chi connectivity index (χ1v) is 42.3. The Morgan fingerprint density at radius 3 is 0.754 bits per heavy atom. The predicted molar refractivity (Wildman–Crippen MR) is 516 cm³/mol. The van der Waals surface area contributed by atoms with Crippen LogP contribution in [0.1, 0.15) is 11.1 Å². The van der Waals surface area contributed by atoms with E-state index in [1.807, 2.05) is 146 Å². The summed E-state index contributed by atoms with van der Waals surface area (Å²) in [4.78, 5) is 29.5. The summed E-state index contributed by atoms with van der Waals surface area (Å²) in [5.41, 5.74) is 33.4. The zero-order valence-corrected chi connectivity index (χ0v) is 68.0. The minimum Gasteiger partial charge on any atom is -0.208 e. The van der Waals surface area contributed by atoms with Crippen LogP contribution in [-0.4, -0.2) is 29.9 Å². The van der Waals surface area contributed by atoms with Gasteiger partial charge >= 0.3 is 0 Å². The van der Waals surface area contributed by atoms with Crippen molar-refractivity contribution in [2.24, 2.45) is 0 Å². The van der Waals surface area contributed by atoms with Gasteiger partial charge in [-0.2, -0.15) is 10.5 Å². The summed E-state index contributed by atoms with van der Waals surface area (Å²) >= 11 is 0. The molecule has 0 bridgehead atoms. The monoisotopic (exact) mass is 1600 g/mol. The molecule has 0 radical (unpaired) electrons. The number of hydrogen-bond donors (Lipinski definition) is 0. The fraction of sp³-hybridized carbons (Fsp3) is 0. The number of benzene rings is 20. The highest BCUT2D eigenvalue weighted by atomic mass is 15.0. The Hall–Kier alpha value is -17.3. The molecule has 22 aromatic rings. The van der Waals surface area contributed by atoms with Crippen molar-refractivity contribution >= 4 is 53.9 Å². The lowest BCUT2D eigenvalue weighted by Crippen LogP contribution is -2.00. The molecule has 0 saturated carbocycles. The highest BCUT2D eigenvalue weighted by molar-refractivity contribution is 6.25. The summed E-state index contributed by atoms with van der Waals surface area (Å²) < 4.78 is 0. The minimum absolute atomic E-state index is 0.632. The van der Waals surface area contributed by atoms with E-state index in [0.717, 1.165) is 99.4 Å². The van der Waals surface area contributed by atoms with Gasteiger partial charge in [-0.05, 0) is 219 Å². The standard InChI is InChI=1S/C60H36N4.C58H34N4/c61-37-38-18-19-48-36-49(29-28-47(48)34-38)51-31-33-55-53-17-8-7-16-52(53)54-32-30-50(56(51)57(54)55)41-24-20-39(21-25-41)45-14-9-15-46(35-45)40-22-26-44(27-23-40)60-63-58(42-10-3-1-4-11-42)62-59(64-60)43-12-5-2-6-13-43;59-35-36-21-22-42-34-43(28-27-41(42)33-36)45-29-30-52-48-15-7-8-16-49(48)53-32-31-51(54(45)55(52)53)50-20-10-18-46-44(17-9-19-47(46)50)37-23-25-40(26-24-37)58-61-56(38-11-3-1-4-12-38)60-57(62-58)39-13-5-2-6-14-39/h1-36H;1-34H. The van der Waals surface area contributed by atoms with Gasteiger partial charge in [0.25, 0.3) is 0 Å². The Morgan fingerprint density at radius 2 is 0.381 bits per heavy atom. The summed E-state index contributed by atoms with van der Waals surface area (Å²) in [6, 6.07) is 154. The lowest BCUT2D eigenvalue weighted by molar-refractivity contribution is 1.07. The maximum atomic E-state index is 9.56. The van der Waals surface area contributed by atoms with E-state index in [1.165, 1.54) is 110 Å². The van der Waals surface area contributed by atoms with Gasteiger partial charge in [0.15, 0.2) is 34.9 Å². The number of hydrogen-bond acceptors (Lipinski definition) is 8. The van der Waals surface area contributed by atoms with Crippen LogP contribution in [0.4, 0.5) is 0 Å². The van der Waals surface area contributed by atoms with Crippen LogP contribution in [0.3, 0.4) is 0 Å². The molecule has 24 rings (SSSR count). The summed E-state index contributed by atoms with van der Waals surface area (Å²) in [6.07, 6.45) is 0. The summed E-state index contributed by atoms with van der Waals surface area (Å²) in [7, 11) is 0. The van der Waals surface area contributed by atoms with Crippen molar-refractivity contribution in [2.75, 3.05) is 0 Å². The maximum absolute atomic E-state index is 9.56. The molecule has 0 aliphatic heterocycles. The minimum atomic E-state index is 0.632. The average molecular weight is 1600 g/mol. The van der Waals surface area contributed by atoms with Crippen molar-refractivity contribution in [3.8, 4) is 203 Å². The van der Waals surface area contributed by atoms with Crippen LogP contribution in [0.25, 0.3) is 245 Å². The smallest absolute Gasteiger partial charge is 0.164 e. The van der Waals surface area contributed by atoms with Gasteiger partial charge in [0, 0.05) is 33.4 Å². The highest BCUT2D eigenvalue weighted by Gasteiger charge is 2.29. The Balaban J connectivity index is 0.000000145. The summed E-state index contributed by atoms with van der Waals surface area (Å²) in [5, 5.41) is 30.9. The molecule has 0 N–H and O–H groups in total. The molecule has 8 heteroatoms. The molecule has 0 atom stereocenters. The van der Waals surface area contributed by atoms with Gasteiger partial charge in [-0.1, -0.05) is 382 Å². The number of nitrogens with zero attached hydrogens (tertiary/aromatic N) is 8. The van der Waals surface area contributed by atoms with Gasteiger partial charge in [-0.25, -0.2) is 29.9 Å². The SMILES string of the molecule is N#Cc1ccc2cc(-c3ccc4c5c(ccc(-c6ccc(-c7cccc(-c8ccc(-c9nc(-c%10ccccc%10)nc(-c%10ccccc%10)n9)cc8)c7)cc6)c35)-c3ccccc3-4)ccc2c1.N#Cc1ccc2cc(-c3ccc4c5c(ccc(-c6cccc7c(-c8ccc(-c9nc(-c%10ccccc%10)nc(-c%10ccccc%10)n9)cc8)cccc67)c35)-c3ccccc3-4)ccc2c1. The van der Waals surface area contributed by atoms with Crippen LogP contribution in [0.15, 0.2) is 425 Å². The van der Waals surface area contributed by atoms with Crippen LogP contribution < -0.4 is 0 Å². The quantitative estimate of drug-likeness (QED) is 0.112. The predicted octanol–water partition coefficient (Wildman–Crippen LogP) is 30.2. The first-order valence-electron chi connectivity index (χ1n) is 42.3. The number of nitriles is 2. The molecule has 2 heterocycles. The van der Waals surface area contributed by atoms with Crippen molar-refractivity contribution in [3.63, 3.8) is 0 Å². The molecular formula is C118H70N8. The van der Waals surface area contributed by atoms with Crippen LogP contribution in [0, 0.1) is 22.7 Å². The zero-order chi connectivity index (χ0) is 83.7. The van der Waals surface area contributed by atoms with E-state index in [9.17, 15) is 10.5 Å². The molecule has 2 aromatic heterocycles. The summed E-state index contributed by atoms with van der Waals surface area (Å²) in [5.74, 6) is 3.85. The van der Waals surface area contributed by atoms with Crippen LogP contribution >= 0.6 is 0 Å². The van der Waals surface area contributed by atoms with Gasteiger partial charge in [-0.15, -0.1) is 0 Å². The Morgan fingerprint density at radius 1 is 0.143 bits per heavy atom. The van der Waals surface area contributed by atoms with Crippen molar-refractivity contribution in [3.05, 3.63) is 436 Å². The second-order valence-electron chi connectivity index (χ2n) is 32.1. The molecular weight excluding hydrogens is 1530 g/mol. The third kappa shape index (κ3) is 13.2.